The Morgan fingerprint density at radius 3 is 2.51 bits per heavy atom. The van der Waals surface area contributed by atoms with E-state index < -0.39 is 6.04 Å². The molecule has 39 heavy (non-hydrogen) atoms. The normalized spacial score (nSPS) is 13.1. The van der Waals surface area contributed by atoms with Crippen molar-refractivity contribution in [2.24, 2.45) is 5.92 Å². The Kier molecular flexibility index (Phi) is 11.5. The summed E-state index contributed by atoms with van der Waals surface area (Å²) in [4.78, 5) is 32.8. The number of hydrogen-bond donors (Lipinski definition) is 2. The van der Waals surface area contributed by atoms with Crippen LogP contribution in [0.25, 0.3) is 11.0 Å². The average molecular weight is 549 g/mol. The monoisotopic (exact) mass is 548 g/mol. The van der Waals surface area contributed by atoms with Crippen LogP contribution in [0.5, 0.6) is 0 Å². The first-order chi connectivity index (χ1) is 18.8. The Balaban J connectivity index is 1.85. The molecule has 0 aliphatic heterocycles. The minimum Gasteiger partial charge on any atom is -0.350 e. The first kappa shape index (κ1) is 30.4. The topological polar surface area (TPSA) is 76.0 Å². The minimum absolute atomic E-state index is 0.166. The molecule has 0 saturated carbocycles. The molecule has 0 aliphatic rings. The number of allylic oxidation sites excluding steroid dienone is 2. The molecule has 0 spiro atoms. The molecule has 2 aromatic heterocycles. The Hall–Kier alpha value is -3.19. The number of carbonyl (C=O) groups is 2. The molecule has 1 aromatic carbocycles. The van der Waals surface area contributed by atoms with Crippen LogP contribution in [0.15, 0.2) is 59.5 Å². The van der Waals surface area contributed by atoms with Crippen LogP contribution in [0.2, 0.25) is 0 Å². The van der Waals surface area contributed by atoms with Crippen molar-refractivity contribution in [3.05, 3.63) is 75.8 Å². The predicted molar refractivity (Wildman–Crippen MR) is 163 cm³/mol. The molecule has 0 radical (unpaired) electrons. The van der Waals surface area contributed by atoms with E-state index in [1.54, 1.807) is 11.3 Å². The number of nitrogens with one attached hydrogen (secondary N) is 2. The van der Waals surface area contributed by atoms with Crippen LogP contribution in [0, 0.1) is 5.92 Å². The smallest absolute Gasteiger partial charge is 0.252 e. The number of hydrogen-bond acceptors (Lipinski definition) is 4. The fourth-order valence-corrected chi connectivity index (χ4v) is 5.68. The van der Waals surface area contributed by atoms with Crippen LogP contribution in [0.3, 0.4) is 0 Å². The number of carbonyl (C=O) groups excluding carboxylic acids is 2. The molecule has 3 rings (SSSR count). The van der Waals surface area contributed by atoms with Crippen molar-refractivity contribution in [3.8, 4) is 0 Å². The number of thiophene rings is 1. The summed E-state index contributed by atoms with van der Waals surface area (Å²) in [5, 5.41) is 8.10. The van der Waals surface area contributed by atoms with Crippen LogP contribution in [-0.2, 0) is 11.2 Å². The highest BCUT2D eigenvalue weighted by atomic mass is 32.1. The summed E-state index contributed by atoms with van der Waals surface area (Å²) < 4.78 is 2.35. The molecule has 2 N–H and O–H groups in total. The fraction of sp³-hybridized carbons (Fsp3) is 0.469. The number of rotatable bonds is 14. The molecule has 210 valence electrons. The fourth-order valence-electron chi connectivity index (χ4n) is 4.98. The summed E-state index contributed by atoms with van der Waals surface area (Å²) >= 11 is 1.73. The lowest BCUT2D eigenvalue weighted by Gasteiger charge is -2.21. The van der Waals surface area contributed by atoms with Crippen LogP contribution in [-0.4, -0.2) is 34.0 Å². The lowest BCUT2D eigenvalue weighted by atomic mass is 10.0. The number of aromatic nitrogens is 2. The molecule has 3 aromatic rings. The second-order valence-electron chi connectivity index (χ2n) is 10.4. The van der Waals surface area contributed by atoms with Gasteiger partial charge in [-0.2, -0.15) is 0 Å². The van der Waals surface area contributed by atoms with Gasteiger partial charge in [-0.15, -0.1) is 11.3 Å². The molecule has 0 fully saturated rings. The Bertz CT molecular complexity index is 1280. The second-order valence-corrected chi connectivity index (χ2v) is 11.4. The van der Waals surface area contributed by atoms with E-state index in [-0.39, 0.29) is 17.7 Å². The Labute approximate surface area is 237 Å². The van der Waals surface area contributed by atoms with Gasteiger partial charge >= 0.3 is 0 Å². The van der Waals surface area contributed by atoms with Crippen LogP contribution in [0.4, 0.5) is 0 Å². The summed E-state index contributed by atoms with van der Waals surface area (Å²) in [5.74, 6) is 0.848. The maximum Gasteiger partial charge on any atom is 0.252 e. The van der Waals surface area contributed by atoms with Crippen LogP contribution in [0.1, 0.15) is 94.3 Å². The second kappa shape index (κ2) is 14.8. The van der Waals surface area contributed by atoms with Crippen molar-refractivity contribution in [2.75, 3.05) is 6.54 Å². The maximum atomic E-state index is 13.4. The summed E-state index contributed by atoms with van der Waals surface area (Å²) in [5.41, 5.74) is 3.43. The van der Waals surface area contributed by atoms with Gasteiger partial charge in [-0.05, 0) is 73.7 Å². The summed E-state index contributed by atoms with van der Waals surface area (Å²) in [7, 11) is 0. The molecule has 2 heterocycles. The van der Waals surface area contributed by atoms with Gasteiger partial charge in [0.25, 0.3) is 5.91 Å². The van der Waals surface area contributed by atoms with Gasteiger partial charge in [-0.1, -0.05) is 58.9 Å². The van der Waals surface area contributed by atoms with Crippen LogP contribution >= 0.6 is 11.3 Å². The van der Waals surface area contributed by atoms with Crippen molar-refractivity contribution in [2.45, 2.75) is 85.7 Å². The van der Waals surface area contributed by atoms with E-state index in [1.165, 1.54) is 4.88 Å². The lowest BCUT2D eigenvalue weighted by Crippen LogP contribution is -2.47. The highest BCUT2D eigenvalue weighted by Gasteiger charge is 2.24. The maximum absolute atomic E-state index is 13.4. The van der Waals surface area contributed by atoms with Crippen molar-refractivity contribution in [1.82, 2.24) is 20.2 Å². The van der Waals surface area contributed by atoms with Gasteiger partial charge in [0.05, 0.1) is 11.0 Å². The average Bonchev–Trinajstić information content (AvgIpc) is 3.55. The van der Waals surface area contributed by atoms with E-state index in [2.05, 4.69) is 73.4 Å². The number of amides is 2. The molecule has 6 nitrogen and oxygen atoms in total. The van der Waals surface area contributed by atoms with E-state index in [9.17, 15) is 9.59 Å². The molecule has 2 amide bonds. The molecule has 0 unspecified atom stereocenters. The van der Waals surface area contributed by atoms with E-state index in [0.717, 1.165) is 48.1 Å². The van der Waals surface area contributed by atoms with Gasteiger partial charge in [-0.3, -0.25) is 9.59 Å². The zero-order valence-corrected chi connectivity index (χ0v) is 25.1. The number of benzene rings is 1. The zero-order chi connectivity index (χ0) is 28.4. The van der Waals surface area contributed by atoms with E-state index in [1.807, 2.05) is 37.3 Å². The third-order valence-corrected chi connectivity index (χ3v) is 7.76. The highest BCUT2D eigenvalue weighted by molar-refractivity contribution is 7.09. The van der Waals surface area contributed by atoms with Gasteiger partial charge < -0.3 is 15.2 Å². The molecule has 0 saturated heterocycles. The van der Waals surface area contributed by atoms with Crippen molar-refractivity contribution >= 4 is 34.2 Å². The van der Waals surface area contributed by atoms with E-state index in [0.29, 0.717) is 24.6 Å². The largest absolute Gasteiger partial charge is 0.350 e. The van der Waals surface area contributed by atoms with Gasteiger partial charge in [0.15, 0.2) is 0 Å². The summed E-state index contributed by atoms with van der Waals surface area (Å²) in [6.07, 6.45) is 10.3. The summed E-state index contributed by atoms with van der Waals surface area (Å²) in [6, 6.07) is 9.66. The zero-order valence-electron chi connectivity index (χ0n) is 24.3. The quantitative estimate of drug-likeness (QED) is 0.209. The highest BCUT2D eigenvalue weighted by Crippen LogP contribution is 2.28. The van der Waals surface area contributed by atoms with Crippen LogP contribution < -0.4 is 10.6 Å². The lowest BCUT2D eigenvalue weighted by molar-refractivity contribution is -0.123. The molecule has 7 heteroatoms. The van der Waals surface area contributed by atoms with Gasteiger partial charge in [0, 0.05) is 29.4 Å². The Morgan fingerprint density at radius 2 is 1.90 bits per heavy atom. The van der Waals surface area contributed by atoms with Crippen molar-refractivity contribution < 1.29 is 9.59 Å². The first-order valence-corrected chi connectivity index (χ1v) is 15.1. The standard InChI is InChI=1S/C32H44N4O2S/c1-7-12-23(13-8-2)21-33-32(38)28(18-22(5)6)35-31(37)24-15-16-29-27(19-24)34-30(20-26-14-11-17-39-26)36(29)25(9-3)10-4/h7,11-17,19,22,25,28H,8-10,18,20-21H2,1-6H3,(H,33,38)(H,35,37)/b12-7-,23-13+/t28-/m0/s1. The van der Waals surface area contributed by atoms with Gasteiger partial charge in [0.1, 0.15) is 11.9 Å². The van der Waals surface area contributed by atoms with Gasteiger partial charge in [0.2, 0.25) is 5.91 Å². The van der Waals surface area contributed by atoms with Gasteiger partial charge in [-0.25, -0.2) is 4.98 Å². The SMILES string of the molecule is C/C=C\C(=C/CC)CNC(=O)[C@H](CC(C)C)NC(=O)c1ccc2c(c1)nc(Cc1cccs1)n2C(CC)CC. The van der Waals surface area contributed by atoms with E-state index in [4.69, 9.17) is 4.98 Å². The molecule has 0 aliphatic carbocycles. The Morgan fingerprint density at radius 1 is 1.13 bits per heavy atom. The third-order valence-electron chi connectivity index (χ3n) is 6.89. The number of nitrogens with zero attached hydrogens (tertiary/aromatic N) is 2. The molecule has 1 atom stereocenters. The minimum atomic E-state index is -0.613. The first-order valence-electron chi connectivity index (χ1n) is 14.2. The van der Waals surface area contributed by atoms with Crippen molar-refractivity contribution in [3.63, 3.8) is 0 Å². The number of fused-ring (bicyclic) bond motifs is 1. The summed E-state index contributed by atoms with van der Waals surface area (Å²) in [6.45, 7) is 13.0. The predicted octanol–water partition coefficient (Wildman–Crippen LogP) is 7.22. The molecular weight excluding hydrogens is 504 g/mol. The van der Waals surface area contributed by atoms with Crippen molar-refractivity contribution in [1.29, 1.82) is 0 Å². The van der Waals surface area contributed by atoms with E-state index >= 15 is 0 Å². The molecular formula is C32H44N4O2S. The number of imidazole rings is 1. The third kappa shape index (κ3) is 8.15. The molecule has 0 bridgehead atoms.